The standard InChI is InChI=1S/C22H19BrClNO4S/c1-14-4-5-15(2)20(10-14)25-13-16-11-19(23)22(21(12-16)28-3)29-30(26,27)18-8-6-17(24)7-9-18/h4-13H,1-3H3. The van der Waals surface area contributed by atoms with Crippen molar-refractivity contribution in [1.29, 1.82) is 0 Å². The highest BCUT2D eigenvalue weighted by molar-refractivity contribution is 9.10. The summed E-state index contributed by atoms with van der Waals surface area (Å²) in [4.78, 5) is 4.53. The Labute approximate surface area is 189 Å². The van der Waals surface area contributed by atoms with Gasteiger partial charge in [-0.2, -0.15) is 8.42 Å². The van der Waals surface area contributed by atoms with Crippen molar-refractivity contribution in [3.05, 3.63) is 80.8 Å². The number of rotatable bonds is 6. The summed E-state index contributed by atoms with van der Waals surface area (Å²) in [6.07, 6.45) is 1.69. The number of hydrogen-bond donors (Lipinski definition) is 0. The van der Waals surface area contributed by atoms with Crippen molar-refractivity contribution >= 4 is 49.6 Å². The average Bonchev–Trinajstić information content (AvgIpc) is 2.70. The Hall–Kier alpha value is -2.35. The first-order valence-corrected chi connectivity index (χ1v) is 11.5. The van der Waals surface area contributed by atoms with Gasteiger partial charge in [0.15, 0.2) is 11.5 Å². The molecular formula is C22H19BrClNO4S. The van der Waals surface area contributed by atoms with E-state index in [1.54, 1.807) is 18.3 Å². The molecule has 3 rings (SSSR count). The van der Waals surface area contributed by atoms with Gasteiger partial charge in [-0.1, -0.05) is 23.7 Å². The van der Waals surface area contributed by atoms with Crippen molar-refractivity contribution in [2.75, 3.05) is 7.11 Å². The van der Waals surface area contributed by atoms with Gasteiger partial charge < -0.3 is 8.92 Å². The zero-order chi connectivity index (χ0) is 21.9. The van der Waals surface area contributed by atoms with E-state index in [1.807, 2.05) is 32.0 Å². The molecule has 156 valence electrons. The molecule has 0 saturated heterocycles. The number of ether oxygens (including phenoxy) is 1. The largest absolute Gasteiger partial charge is 0.493 e. The third-order valence-corrected chi connectivity index (χ3v) is 6.34. The normalized spacial score (nSPS) is 11.6. The molecule has 0 aliphatic carbocycles. The fourth-order valence-corrected chi connectivity index (χ4v) is 4.39. The highest BCUT2D eigenvalue weighted by Crippen LogP contribution is 2.38. The van der Waals surface area contributed by atoms with Crippen LogP contribution in [0.5, 0.6) is 11.5 Å². The van der Waals surface area contributed by atoms with Gasteiger partial charge in [-0.15, -0.1) is 0 Å². The average molecular weight is 509 g/mol. The highest BCUT2D eigenvalue weighted by atomic mass is 79.9. The Morgan fingerprint density at radius 3 is 2.40 bits per heavy atom. The lowest BCUT2D eigenvalue weighted by molar-refractivity contribution is 0.389. The predicted molar refractivity (Wildman–Crippen MR) is 123 cm³/mol. The molecule has 3 aromatic rings. The predicted octanol–water partition coefficient (Wildman–Crippen LogP) is 6.25. The van der Waals surface area contributed by atoms with E-state index in [-0.39, 0.29) is 16.4 Å². The van der Waals surface area contributed by atoms with E-state index < -0.39 is 10.1 Å². The molecular weight excluding hydrogens is 490 g/mol. The molecule has 30 heavy (non-hydrogen) atoms. The molecule has 8 heteroatoms. The topological polar surface area (TPSA) is 65.0 Å². The van der Waals surface area contributed by atoms with Gasteiger partial charge in [-0.25, -0.2) is 0 Å². The van der Waals surface area contributed by atoms with Crippen molar-refractivity contribution in [2.45, 2.75) is 18.7 Å². The van der Waals surface area contributed by atoms with Gasteiger partial charge in [0.05, 0.1) is 17.3 Å². The zero-order valence-electron chi connectivity index (χ0n) is 16.5. The van der Waals surface area contributed by atoms with Crippen LogP contribution in [0.2, 0.25) is 5.02 Å². The van der Waals surface area contributed by atoms with Crippen LogP contribution in [-0.2, 0) is 10.1 Å². The third kappa shape index (κ3) is 5.22. The minimum Gasteiger partial charge on any atom is -0.493 e. The lowest BCUT2D eigenvalue weighted by Gasteiger charge is -2.13. The SMILES string of the molecule is COc1cc(C=Nc2cc(C)ccc2C)cc(Br)c1OS(=O)(=O)c1ccc(Cl)cc1. The van der Waals surface area contributed by atoms with Crippen LogP contribution in [0.15, 0.2) is 69.0 Å². The molecule has 0 spiro atoms. The van der Waals surface area contributed by atoms with E-state index in [0.717, 1.165) is 22.4 Å². The summed E-state index contributed by atoms with van der Waals surface area (Å²) in [5, 5.41) is 0.431. The summed E-state index contributed by atoms with van der Waals surface area (Å²) in [5.74, 6) is 0.306. The van der Waals surface area contributed by atoms with Crippen molar-refractivity contribution in [3.63, 3.8) is 0 Å². The van der Waals surface area contributed by atoms with E-state index in [0.29, 0.717) is 9.50 Å². The quantitative estimate of drug-likeness (QED) is 0.292. The number of methoxy groups -OCH3 is 1. The maximum Gasteiger partial charge on any atom is 0.339 e. The van der Waals surface area contributed by atoms with Gasteiger partial charge in [-0.3, -0.25) is 4.99 Å². The van der Waals surface area contributed by atoms with Crippen LogP contribution in [0, 0.1) is 13.8 Å². The van der Waals surface area contributed by atoms with E-state index in [4.69, 9.17) is 20.5 Å². The molecule has 0 aliphatic heterocycles. The summed E-state index contributed by atoms with van der Waals surface area (Å²) >= 11 is 9.20. The van der Waals surface area contributed by atoms with Gasteiger partial charge in [-0.05, 0) is 88.9 Å². The fraction of sp³-hybridized carbons (Fsp3) is 0.136. The summed E-state index contributed by atoms with van der Waals surface area (Å²) in [6.45, 7) is 3.99. The Bertz CT molecular complexity index is 1210. The van der Waals surface area contributed by atoms with Gasteiger partial charge in [0, 0.05) is 11.2 Å². The number of benzene rings is 3. The van der Waals surface area contributed by atoms with Crippen LogP contribution in [0.3, 0.4) is 0 Å². The van der Waals surface area contributed by atoms with Gasteiger partial charge >= 0.3 is 10.1 Å². The maximum atomic E-state index is 12.6. The van der Waals surface area contributed by atoms with E-state index in [1.165, 1.54) is 31.4 Å². The highest BCUT2D eigenvalue weighted by Gasteiger charge is 2.22. The lowest BCUT2D eigenvalue weighted by Crippen LogP contribution is -2.11. The smallest absolute Gasteiger partial charge is 0.339 e. The summed E-state index contributed by atoms with van der Waals surface area (Å²) in [5.41, 5.74) is 3.74. The molecule has 0 N–H and O–H groups in total. The van der Waals surface area contributed by atoms with Crippen LogP contribution in [-0.4, -0.2) is 21.7 Å². The number of aryl methyl sites for hydroxylation is 2. The van der Waals surface area contributed by atoms with Crippen molar-refractivity contribution in [1.82, 2.24) is 0 Å². The zero-order valence-corrected chi connectivity index (χ0v) is 19.7. The first kappa shape index (κ1) is 22.3. The Morgan fingerprint density at radius 1 is 1.03 bits per heavy atom. The molecule has 5 nitrogen and oxygen atoms in total. The molecule has 0 saturated carbocycles. The van der Waals surface area contributed by atoms with Crippen LogP contribution in [0.1, 0.15) is 16.7 Å². The fourth-order valence-electron chi connectivity index (χ4n) is 2.66. The second kappa shape index (κ2) is 9.20. The summed E-state index contributed by atoms with van der Waals surface area (Å²) < 4.78 is 36.4. The van der Waals surface area contributed by atoms with Gasteiger partial charge in [0.2, 0.25) is 0 Å². The third-order valence-electron chi connectivity index (χ3n) is 4.26. The first-order chi connectivity index (χ1) is 14.2. The second-order valence-electron chi connectivity index (χ2n) is 6.57. The van der Waals surface area contributed by atoms with Crippen molar-refractivity contribution in [3.8, 4) is 11.5 Å². The molecule has 0 fully saturated rings. The maximum absolute atomic E-state index is 12.6. The molecule has 0 heterocycles. The molecule has 0 aromatic heterocycles. The number of aliphatic imine (C=N–C) groups is 1. The minimum atomic E-state index is -4.07. The second-order valence-corrected chi connectivity index (χ2v) is 9.41. The summed E-state index contributed by atoms with van der Waals surface area (Å²) in [6, 6.07) is 15.1. The molecule has 3 aromatic carbocycles. The molecule has 0 radical (unpaired) electrons. The molecule has 0 bridgehead atoms. The molecule has 0 atom stereocenters. The minimum absolute atomic E-state index is 0.0126. The van der Waals surface area contributed by atoms with Crippen molar-refractivity contribution in [2.24, 2.45) is 4.99 Å². The van der Waals surface area contributed by atoms with Crippen LogP contribution in [0.4, 0.5) is 5.69 Å². The van der Waals surface area contributed by atoms with Crippen LogP contribution in [0.25, 0.3) is 0 Å². The van der Waals surface area contributed by atoms with E-state index >= 15 is 0 Å². The molecule has 0 aliphatic rings. The lowest BCUT2D eigenvalue weighted by atomic mass is 10.1. The van der Waals surface area contributed by atoms with Gasteiger partial charge in [0.1, 0.15) is 4.90 Å². The van der Waals surface area contributed by atoms with E-state index in [2.05, 4.69) is 20.9 Å². The first-order valence-electron chi connectivity index (χ1n) is 8.88. The number of halogens is 2. The molecule has 0 amide bonds. The number of hydrogen-bond acceptors (Lipinski definition) is 5. The molecule has 0 unspecified atom stereocenters. The van der Waals surface area contributed by atoms with Gasteiger partial charge in [0.25, 0.3) is 0 Å². The summed E-state index contributed by atoms with van der Waals surface area (Å²) in [7, 11) is -2.63. The Kier molecular flexibility index (Phi) is 6.85. The Morgan fingerprint density at radius 2 is 1.73 bits per heavy atom. The van der Waals surface area contributed by atoms with Crippen molar-refractivity contribution < 1.29 is 17.3 Å². The Balaban J connectivity index is 1.93. The monoisotopic (exact) mass is 507 g/mol. The number of nitrogens with zero attached hydrogens (tertiary/aromatic N) is 1. The van der Waals surface area contributed by atoms with E-state index in [9.17, 15) is 8.42 Å². The van der Waals surface area contributed by atoms with Crippen LogP contribution >= 0.6 is 27.5 Å². The van der Waals surface area contributed by atoms with Crippen LogP contribution < -0.4 is 8.92 Å².